The monoisotopic (exact) mass is 319 g/mol. The van der Waals surface area contributed by atoms with Crippen LogP contribution < -0.4 is 0 Å². The highest BCUT2D eigenvalue weighted by atomic mass is 35.5. The molecule has 0 N–H and O–H groups in total. The molecular weight excluding hydrogens is 298 g/mol. The SMILES string of the molecule is O=C([C@@H]1C[C@H]1c1ccc(Cl)cc1)N(C[C@@H]1CCOC1)C1CC1. The molecule has 3 atom stereocenters. The van der Waals surface area contributed by atoms with Gasteiger partial charge in [-0.25, -0.2) is 0 Å². The van der Waals surface area contributed by atoms with Crippen molar-refractivity contribution in [3.8, 4) is 0 Å². The van der Waals surface area contributed by atoms with Gasteiger partial charge in [-0.2, -0.15) is 0 Å². The van der Waals surface area contributed by atoms with E-state index < -0.39 is 0 Å². The molecule has 118 valence electrons. The summed E-state index contributed by atoms with van der Waals surface area (Å²) in [4.78, 5) is 15.1. The van der Waals surface area contributed by atoms with Gasteiger partial charge in [-0.1, -0.05) is 23.7 Å². The van der Waals surface area contributed by atoms with Crippen molar-refractivity contribution in [3.63, 3.8) is 0 Å². The predicted octanol–water partition coefficient (Wildman–Crippen LogP) is 3.47. The summed E-state index contributed by atoms with van der Waals surface area (Å²) in [7, 11) is 0. The molecule has 22 heavy (non-hydrogen) atoms. The van der Waals surface area contributed by atoms with Gasteiger partial charge in [0.2, 0.25) is 5.91 Å². The molecule has 0 aromatic heterocycles. The van der Waals surface area contributed by atoms with Crippen LogP contribution in [0, 0.1) is 11.8 Å². The average Bonchev–Trinajstić information content (AvgIpc) is 3.44. The molecule has 4 heteroatoms. The van der Waals surface area contributed by atoms with E-state index in [-0.39, 0.29) is 5.92 Å². The molecule has 1 heterocycles. The summed E-state index contributed by atoms with van der Waals surface area (Å²) in [6.07, 6.45) is 4.45. The molecule has 2 saturated carbocycles. The highest BCUT2D eigenvalue weighted by Gasteiger charge is 2.48. The Kier molecular flexibility index (Phi) is 3.87. The van der Waals surface area contributed by atoms with E-state index in [0.29, 0.717) is 23.8 Å². The average molecular weight is 320 g/mol. The van der Waals surface area contributed by atoms with E-state index in [1.807, 2.05) is 12.1 Å². The van der Waals surface area contributed by atoms with Crippen molar-refractivity contribution in [1.29, 1.82) is 0 Å². The van der Waals surface area contributed by atoms with Crippen molar-refractivity contribution in [1.82, 2.24) is 4.90 Å². The Morgan fingerprint density at radius 2 is 2.00 bits per heavy atom. The van der Waals surface area contributed by atoms with Gasteiger partial charge in [-0.3, -0.25) is 4.79 Å². The van der Waals surface area contributed by atoms with Gasteiger partial charge in [-0.15, -0.1) is 0 Å². The summed E-state index contributed by atoms with van der Waals surface area (Å²) in [5, 5.41) is 0.758. The Morgan fingerprint density at radius 3 is 2.64 bits per heavy atom. The first-order chi connectivity index (χ1) is 10.7. The summed E-state index contributed by atoms with van der Waals surface area (Å²) in [5.41, 5.74) is 1.25. The largest absolute Gasteiger partial charge is 0.381 e. The lowest BCUT2D eigenvalue weighted by Crippen LogP contribution is -2.38. The van der Waals surface area contributed by atoms with Crippen LogP contribution in [0.1, 0.15) is 37.2 Å². The van der Waals surface area contributed by atoms with Crippen LogP contribution >= 0.6 is 11.6 Å². The molecule has 1 aliphatic heterocycles. The van der Waals surface area contributed by atoms with Crippen LogP contribution in [0.4, 0.5) is 0 Å². The fourth-order valence-corrected chi connectivity index (χ4v) is 3.70. The smallest absolute Gasteiger partial charge is 0.226 e. The molecule has 1 saturated heterocycles. The molecule has 3 aliphatic rings. The second-order valence-corrected chi connectivity index (χ2v) is 7.39. The van der Waals surface area contributed by atoms with Crippen LogP contribution in [-0.4, -0.2) is 36.6 Å². The third kappa shape index (κ3) is 3.02. The fraction of sp³-hybridized carbons (Fsp3) is 0.611. The first kappa shape index (κ1) is 14.5. The van der Waals surface area contributed by atoms with Gasteiger partial charge in [-0.05, 0) is 49.3 Å². The highest BCUT2D eigenvalue weighted by molar-refractivity contribution is 6.30. The van der Waals surface area contributed by atoms with Crippen molar-refractivity contribution in [2.24, 2.45) is 11.8 Å². The van der Waals surface area contributed by atoms with Crippen LogP contribution in [0.3, 0.4) is 0 Å². The highest BCUT2D eigenvalue weighted by Crippen LogP contribution is 2.49. The van der Waals surface area contributed by atoms with Crippen LogP contribution in [0.5, 0.6) is 0 Å². The minimum Gasteiger partial charge on any atom is -0.381 e. The summed E-state index contributed by atoms with van der Waals surface area (Å²) in [6, 6.07) is 8.47. The van der Waals surface area contributed by atoms with Crippen LogP contribution in [0.15, 0.2) is 24.3 Å². The number of benzene rings is 1. The van der Waals surface area contributed by atoms with Crippen molar-refractivity contribution >= 4 is 17.5 Å². The molecule has 0 spiro atoms. The van der Waals surface area contributed by atoms with Gasteiger partial charge < -0.3 is 9.64 Å². The predicted molar refractivity (Wildman–Crippen MR) is 86.0 cm³/mol. The van der Waals surface area contributed by atoms with Crippen molar-refractivity contribution in [2.45, 2.75) is 37.6 Å². The molecule has 4 rings (SSSR count). The Labute approximate surface area is 136 Å². The van der Waals surface area contributed by atoms with Crippen LogP contribution in [0.25, 0.3) is 0 Å². The zero-order chi connectivity index (χ0) is 15.1. The minimum absolute atomic E-state index is 0.184. The second kappa shape index (κ2) is 5.86. The molecule has 2 aliphatic carbocycles. The number of hydrogen-bond acceptors (Lipinski definition) is 2. The summed E-state index contributed by atoms with van der Waals surface area (Å²) in [6.45, 7) is 2.57. The number of hydrogen-bond donors (Lipinski definition) is 0. The number of carbonyl (C=O) groups excluding carboxylic acids is 1. The minimum atomic E-state index is 0.184. The molecule has 3 fully saturated rings. The van der Waals surface area contributed by atoms with Crippen LogP contribution in [-0.2, 0) is 9.53 Å². The van der Waals surface area contributed by atoms with E-state index in [0.717, 1.165) is 37.6 Å². The van der Waals surface area contributed by atoms with E-state index >= 15 is 0 Å². The first-order valence-corrected chi connectivity index (χ1v) is 8.74. The lowest BCUT2D eigenvalue weighted by molar-refractivity contribution is -0.134. The number of ether oxygens (including phenoxy) is 1. The lowest BCUT2D eigenvalue weighted by atomic mass is 10.1. The molecule has 0 bridgehead atoms. The summed E-state index contributed by atoms with van der Waals surface area (Å²) < 4.78 is 5.47. The second-order valence-electron chi connectivity index (χ2n) is 6.95. The number of rotatable bonds is 5. The summed E-state index contributed by atoms with van der Waals surface area (Å²) in [5.74, 6) is 1.49. The zero-order valence-electron chi connectivity index (χ0n) is 12.7. The number of carbonyl (C=O) groups is 1. The molecule has 3 nitrogen and oxygen atoms in total. The van der Waals surface area contributed by atoms with Crippen molar-refractivity contribution in [2.75, 3.05) is 19.8 Å². The molecule has 0 radical (unpaired) electrons. The van der Waals surface area contributed by atoms with Gasteiger partial charge in [0.25, 0.3) is 0 Å². The zero-order valence-corrected chi connectivity index (χ0v) is 13.5. The van der Waals surface area contributed by atoms with E-state index in [4.69, 9.17) is 16.3 Å². The lowest BCUT2D eigenvalue weighted by Gasteiger charge is -2.25. The maximum Gasteiger partial charge on any atom is 0.226 e. The third-order valence-corrected chi connectivity index (χ3v) is 5.41. The van der Waals surface area contributed by atoms with Gasteiger partial charge in [0.05, 0.1) is 6.61 Å². The van der Waals surface area contributed by atoms with Crippen molar-refractivity contribution in [3.05, 3.63) is 34.9 Å². The van der Waals surface area contributed by atoms with Gasteiger partial charge >= 0.3 is 0 Å². The van der Waals surface area contributed by atoms with E-state index in [9.17, 15) is 4.79 Å². The number of nitrogens with zero attached hydrogens (tertiary/aromatic N) is 1. The Morgan fingerprint density at radius 1 is 1.23 bits per heavy atom. The van der Waals surface area contributed by atoms with Gasteiger partial charge in [0, 0.05) is 36.1 Å². The van der Waals surface area contributed by atoms with Gasteiger partial charge in [0.15, 0.2) is 0 Å². The van der Waals surface area contributed by atoms with E-state index in [1.54, 1.807) is 0 Å². The Hall–Kier alpha value is -1.06. The molecule has 1 amide bonds. The maximum absolute atomic E-state index is 12.9. The Bertz CT molecular complexity index is 549. The van der Waals surface area contributed by atoms with E-state index in [2.05, 4.69) is 17.0 Å². The number of amides is 1. The van der Waals surface area contributed by atoms with E-state index in [1.165, 1.54) is 18.4 Å². The van der Waals surface area contributed by atoms with Gasteiger partial charge in [0.1, 0.15) is 0 Å². The standard InChI is InChI=1S/C18H22ClNO2/c19-14-3-1-13(2-4-14)16-9-17(16)18(21)20(15-5-6-15)10-12-7-8-22-11-12/h1-4,12,15-17H,5-11H2/t12-,16-,17+/m0/s1. The Balaban J connectivity index is 1.40. The molecule has 1 aromatic carbocycles. The first-order valence-electron chi connectivity index (χ1n) is 8.36. The topological polar surface area (TPSA) is 29.5 Å². The van der Waals surface area contributed by atoms with Crippen LogP contribution in [0.2, 0.25) is 5.02 Å². The van der Waals surface area contributed by atoms with Crippen molar-refractivity contribution < 1.29 is 9.53 Å². The maximum atomic E-state index is 12.9. The third-order valence-electron chi connectivity index (χ3n) is 5.16. The molecule has 1 aromatic rings. The molecule has 0 unspecified atom stereocenters. The normalized spacial score (nSPS) is 30.3. The quantitative estimate of drug-likeness (QED) is 0.831. The number of halogens is 1. The fourth-order valence-electron chi connectivity index (χ4n) is 3.57. The summed E-state index contributed by atoms with van der Waals surface area (Å²) >= 11 is 5.94. The molecular formula is C18H22ClNO2.